The van der Waals surface area contributed by atoms with Crippen LogP contribution >= 0.6 is 0 Å². The van der Waals surface area contributed by atoms with Crippen LogP contribution in [-0.4, -0.2) is 73.5 Å². The highest BCUT2D eigenvalue weighted by Crippen LogP contribution is 2.53. The molecule has 4 aromatic rings. The Hall–Kier alpha value is -5.23. The molecule has 1 aromatic heterocycles. The standard InChI is InChI=1S/C31H31NO11/c1-35-16-42-27-19-14-22(38-4)28(39-5)29(40-6)24(19)23(17-10-11-20(36-2)21(13-17)37-3)25(30(33)41-7)26(27)31(34)43-18-9-8-12-32-15-18/h8-15H,16H2,1-7H3. The fourth-order valence-electron chi connectivity index (χ4n) is 4.70. The zero-order valence-corrected chi connectivity index (χ0v) is 24.8. The number of ether oxygens (including phenoxy) is 9. The maximum absolute atomic E-state index is 14.0. The smallest absolute Gasteiger partial charge is 0.348 e. The van der Waals surface area contributed by atoms with Gasteiger partial charge in [0.25, 0.3) is 0 Å². The van der Waals surface area contributed by atoms with Gasteiger partial charge in [-0.15, -0.1) is 0 Å². The van der Waals surface area contributed by atoms with Crippen LogP contribution in [0.3, 0.4) is 0 Å². The molecule has 0 N–H and O–H groups in total. The number of methoxy groups -OCH3 is 7. The topological polar surface area (TPSA) is 130 Å². The first-order valence-electron chi connectivity index (χ1n) is 12.8. The van der Waals surface area contributed by atoms with Gasteiger partial charge in [-0.25, -0.2) is 9.59 Å². The number of aromatic nitrogens is 1. The largest absolute Gasteiger partial charge is 0.493 e. The molecule has 4 rings (SSSR count). The fourth-order valence-corrected chi connectivity index (χ4v) is 4.70. The van der Waals surface area contributed by atoms with Crippen LogP contribution < -0.4 is 33.2 Å². The maximum atomic E-state index is 14.0. The minimum Gasteiger partial charge on any atom is -0.493 e. The average Bonchev–Trinajstić information content (AvgIpc) is 3.05. The van der Waals surface area contributed by atoms with Gasteiger partial charge in [0.2, 0.25) is 5.75 Å². The van der Waals surface area contributed by atoms with Gasteiger partial charge in [-0.1, -0.05) is 6.07 Å². The third kappa shape index (κ3) is 5.77. The third-order valence-corrected chi connectivity index (χ3v) is 6.48. The normalized spacial score (nSPS) is 10.6. The fraction of sp³-hybridized carbons (Fsp3) is 0.258. The van der Waals surface area contributed by atoms with E-state index in [-0.39, 0.29) is 52.2 Å². The van der Waals surface area contributed by atoms with E-state index in [1.165, 1.54) is 62.2 Å². The number of hydrogen-bond donors (Lipinski definition) is 0. The highest BCUT2D eigenvalue weighted by Gasteiger charge is 2.35. The number of nitrogens with zero attached hydrogens (tertiary/aromatic N) is 1. The average molecular weight is 594 g/mol. The molecule has 0 spiro atoms. The lowest BCUT2D eigenvalue weighted by molar-refractivity contribution is 0.0486. The lowest BCUT2D eigenvalue weighted by Gasteiger charge is -2.24. The minimum absolute atomic E-state index is 0.0466. The Morgan fingerprint density at radius 1 is 0.721 bits per heavy atom. The van der Waals surface area contributed by atoms with Gasteiger partial charge < -0.3 is 42.6 Å². The number of carbonyl (C=O) groups is 2. The summed E-state index contributed by atoms with van der Waals surface area (Å²) in [6.07, 6.45) is 2.89. The predicted molar refractivity (Wildman–Crippen MR) is 155 cm³/mol. The Bertz CT molecular complexity index is 1640. The molecule has 0 aliphatic carbocycles. The number of carbonyl (C=O) groups excluding carboxylic acids is 2. The van der Waals surface area contributed by atoms with Crippen molar-refractivity contribution in [3.05, 3.63) is 59.9 Å². The summed E-state index contributed by atoms with van der Waals surface area (Å²) in [7, 11) is 9.93. The van der Waals surface area contributed by atoms with E-state index in [0.29, 0.717) is 27.8 Å². The number of pyridine rings is 1. The molecule has 0 saturated heterocycles. The number of rotatable bonds is 12. The molecule has 1 heterocycles. The molecule has 0 aliphatic rings. The van der Waals surface area contributed by atoms with Crippen molar-refractivity contribution in [1.82, 2.24) is 4.98 Å². The van der Waals surface area contributed by atoms with Crippen molar-refractivity contribution in [3.63, 3.8) is 0 Å². The zero-order valence-electron chi connectivity index (χ0n) is 24.8. The van der Waals surface area contributed by atoms with Crippen molar-refractivity contribution >= 4 is 22.7 Å². The second kappa shape index (κ2) is 13.6. The lowest BCUT2D eigenvalue weighted by Crippen LogP contribution is -2.19. The van der Waals surface area contributed by atoms with Gasteiger partial charge in [-0.2, -0.15) is 0 Å². The van der Waals surface area contributed by atoms with E-state index >= 15 is 0 Å². The van der Waals surface area contributed by atoms with E-state index in [1.54, 1.807) is 36.4 Å². The Balaban J connectivity index is 2.28. The second-order valence-corrected chi connectivity index (χ2v) is 8.71. The first-order chi connectivity index (χ1) is 20.9. The quantitative estimate of drug-likeness (QED) is 0.163. The van der Waals surface area contributed by atoms with E-state index in [9.17, 15) is 9.59 Å². The number of benzene rings is 3. The molecular weight excluding hydrogens is 562 g/mol. The predicted octanol–water partition coefficient (Wildman–Crippen LogP) is 4.93. The van der Waals surface area contributed by atoms with Crippen molar-refractivity contribution in [2.75, 3.05) is 56.6 Å². The molecule has 0 atom stereocenters. The molecule has 0 amide bonds. The van der Waals surface area contributed by atoms with Gasteiger partial charge in [0, 0.05) is 29.6 Å². The van der Waals surface area contributed by atoms with Gasteiger partial charge >= 0.3 is 11.9 Å². The first-order valence-corrected chi connectivity index (χ1v) is 12.8. The summed E-state index contributed by atoms with van der Waals surface area (Å²) in [5, 5.41) is 0.666. The summed E-state index contributed by atoms with van der Waals surface area (Å²) in [6.45, 7) is -0.282. The summed E-state index contributed by atoms with van der Waals surface area (Å²) in [6, 6.07) is 9.77. The number of hydrogen-bond acceptors (Lipinski definition) is 12. The van der Waals surface area contributed by atoms with E-state index < -0.39 is 11.9 Å². The van der Waals surface area contributed by atoms with Gasteiger partial charge in [0.05, 0.1) is 54.4 Å². The second-order valence-electron chi connectivity index (χ2n) is 8.71. The van der Waals surface area contributed by atoms with E-state index in [0.717, 1.165) is 0 Å². The zero-order chi connectivity index (χ0) is 31.1. The molecule has 0 saturated carbocycles. The number of fused-ring (bicyclic) bond motifs is 1. The Morgan fingerprint density at radius 2 is 1.44 bits per heavy atom. The van der Waals surface area contributed by atoms with Crippen molar-refractivity contribution in [1.29, 1.82) is 0 Å². The Kier molecular flexibility index (Phi) is 9.73. The third-order valence-electron chi connectivity index (χ3n) is 6.48. The maximum Gasteiger partial charge on any atom is 0.348 e. The Labute approximate surface area is 247 Å². The molecule has 0 aliphatic heterocycles. The summed E-state index contributed by atoms with van der Waals surface area (Å²) in [4.78, 5) is 31.7. The van der Waals surface area contributed by atoms with Gasteiger partial charge in [-0.05, 0) is 35.9 Å². The van der Waals surface area contributed by atoms with Crippen molar-refractivity contribution in [2.45, 2.75) is 0 Å². The lowest BCUT2D eigenvalue weighted by atomic mass is 9.87. The molecule has 226 valence electrons. The van der Waals surface area contributed by atoms with E-state index in [1.807, 2.05) is 0 Å². The van der Waals surface area contributed by atoms with Crippen molar-refractivity contribution in [2.24, 2.45) is 0 Å². The molecule has 0 bridgehead atoms. The van der Waals surface area contributed by atoms with Gasteiger partial charge in [0.1, 0.15) is 17.1 Å². The minimum atomic E-state index is -0.920. The molecular formula is C31H31NO11. The molecule has 0 fully saturated rings. The van der Waals surface area contributed by atoms with Gasteiger partial charge in [-0.3, -0.25) is 4.98 Å². The van der Waals surface area contributed by atoms with Crippen LogP contribution in [0.1, 0.15) is 20.7 Å². The molecule has 12 nitrogen and oxygen atoms in total. The molecule has 12 heteroatoms. The first kappa shape index (κ1) is 30.7. The van der Waals surface area contributed by atoms with Crippen LogP contribution in [0.5, 0.6) is 40.2 Å². The molecule has 0 unspecified atom stereocenters. The van der Waals surface area contributed by atoms with E-state index in [4.69, 9.17) is 42.6 Å². The molecule has 0 radical (unpaired) electrons. The van der Waals surface area contributed by atoms with Gasteiger partial charge in [0.15, 0.2) is 29.8 Å². The molecule has 3 aromatic carbocycles. The van der Waals surface area contributed by atoms with Crippen LogP contribution in [0.4, 0.5) is 0 Å². The number of esters is 2. The monoisotopic (exact) mass is 593 g/mol. The van der Waals surface area contributed by atoms with Crippen molar-refractivity contribution < 1.29 is 52.2 Å². The summed E-state index contributed by atoms with van der Waals surface area (Å²) in [5.74, 6) is -0.182. The van der Waals surface area contributed by atoms with Crippen LogP contribution in [-0.2, 0) is 9.47 Å². The van der Waals surface area contributed by atoms with Crippen LogP contribution in [0.15, 0.2) is 48.8 Å². The van der Waals surface area contributed by atoms with Crippen LogP contribution in [0.25, 0.3) is 21.9 Å². The Morgan fingerprint density at radius 3 is 2.02 bits per heavy atom. The summed E-state index contributed by atoms with van der Waals surface area (Å²) >= 11 is 0. The van der Waals surface area contributed by atoms with Crippen molar-refractivity contribution in [3.8, 4) is 51.4 Å². The van der Waals surface area contributed by atoms with E-state index in [2.05, 4.69) is 4.98 Å². The molecule has 43 heavy (non-hydrogen) atoms. The SMILES string of the molecule is COCOc1c(C(=O)Oc2cccnc2)c(C(=O)OC)c(-c2ccc(OC)c(OC)c2)c2c(OC)c(OC)c(OC)cc12. The van der Waals surface area contributed by atoms with Crippen LogP contribution in [0, 0.1) is 0 Å². The highest BCUT2D eigenvalue weighted by molar-refractivity contribution is 6.20. The highest BCUT2D eigenvalue weighted by atomic mass is 16.7. The summed E-state index contributed by atoms with van der Waals surface area (Å²) < 4.78 is 50.2. The van der Waals surface area contributed by atoms with Crippen LogP contribution in [0.2, 0.25) is 0 Å². The summed E-state index contributed by atoms with van der Waals surface area (Å²) in [5.41, 5.74) is 0.276.